The molecule has 0 atom stereocenters. The van der Waals surface area contributed by atoms with Crippen LogP contribution in [0.25, 0.3) is 0 Å². The van der Waals surface area contributed by atoms with Crippen LogP contribution in [-0.4, -0.2) is 5.16 Å². The van der Waals surface area contributed by atoms with Gasteiger partial charge >= 0.3 is 0 Å². The summed E-state index contributed by atoms with van der Waals surface area (Å²) in [6, 6.07) is 0. The van der Waals surface area contributed by atoms with Crippen molar-refractivity contribution in [2.75, 3.05) is 0 Å². The second-order valence-electron chi connectivity index (χ2n) is 2.23. The Balaban J connectivity index is 3.01. The van der Waals surface area contributed by atoms with Crippen molar-refractivity contribution in [3.05, 3.63) is 17.0 Å². The summed E-state index contributed by atoms with van der Waals surface area (Å²) < 4.78 is 5.01. The minimum atomic E-state index is 0.526. The molecule has 10 heavy (non-hydrogen) atoms. The third kappa shape index (κ3) is 1.04. The number of nitrogens with zero attached hydrogens (tertiary/aromatic N) is 1. The molecule has 1 aromatic rings. The van der Waals surface area contributed by atoms with E-state index in [1.165, 1.54) is 0 Å². The van der Waals surface area contributed by atoms with Crippen LogP contribution in [0.3, 0.4) is 0 Å². The van der Waals surface area contributed by atoms with Crippen molar-refractivity contribution in [2.45, 2.75) is 26.8 Å². The lowest BCUT2D eigenvalue weighted by Gasteiger charge is -1.92. The Morgan fingerprint density at radius 3 is 2.70 bits per heavy atom. The highest BCUT2D eigenvalue weighted by molar-refractivity contribution is 5.21. The molecule has 0 radical (unpaired) electrons. The van der Waals surface area contributed by atoms with Crippen molar-refractivity contribution >= 4 is 0 Å². The lowest BCUT2D eigenvalue weighted by Crippen LogP contribution is -1.99. The van der Waals surface area contributed by atoms with Crippen LogP contribution in [0.4, 0.5) is 0 Å². The van der Waals surface area contributed by atoms with E-state index in [1.54, 1.807) is 0 Å². The molecule has 0 amide bonds. The first-order valence-electron chi connectivity index (χ1n) is 3.43. The molecule has 3 nitrogen and oxygen atoms in total. The van der Waals surface area contributed by atoms with E-state index < -0.39 is 0 Å². The smallest absolute Gasteiger partial charge is 0.141 e. The summed E-state index contributed by atoms with van der Waals surface area (Å²) in [5.74, 6) is 0.917. The number of hydrogen-bond acceptors (Lipinski definition) is 3. The summed E-state index contributed by atoms with van der Waals surface area (Å²) >= 11 is 0. The predicted octanol–water partition coefficient (Wildman–Crippen LogP) is 1.00. The van der Waals surface area contributed by atoms with E-state index >= 15 is 0 Å². The number of rotatable bonds is 2. The summed E-state index contributed by atoms with van der Waals surface area (Å²) in [6.45, 7) is 4.46. The Labute approximate surface area is 60.2 Å². The van der Waals surface area contributed by atoms with Gasteiger partial charge in [-0.3, -0.25) is 0 Å². The Bertz CT molecular complexity index is 217. The standard InChI is InChI=1S/C7H12N2O/c1-3-7-6(4-8)5(2)9-10-7/h3-4,8H2,1-2H3. The highest BCUT2D eigenvalue weighted by Crippen LogP contribution is 2.12. The van der Waals surface area contributed by atoms with Crippen molar-refractivity contribution in [1.29, 1.82) is 0 Å². The van der Waals surface area contributed by atoms with Crippen molar-refractivity contribution in [3.63, 3.8) is 0 Å². The average Bonchev–Trinajstić information content (AvgIpc) is 2.30. The van der Waals surface area contributed by atoms with Crippen LogP contribution in [-0.2, 0) is 13.0 Å². The SMILES string of the molecule is CCc1onc(C)c1CN. The van der Waals surface area contributed by atoms with E-state index in [4.69, 9.17) is 10.3 Å². The van der Waals surface area contributed by atoms with Gasteiger partial charge in [0.1, 0.15) is 5.76 Å². The lowest BCUT2D eigenvalue weighted by atomic mass is 10.2. The van der Waals surface area contributed by atoms with Crippen molar-refractivity contribution in [3.8, 4) is 0 Å². The van der Waals surface area contributed by atoms with Gasteiger partial charge in [-0.1, -0.05) is 12.1 Å². The van der Waals surface area contributed by atoms with Crippen molar-refractivity contribution in [2.24, 2.45) is 5.73 Å². The van der Waals surface area contributed by atoms with E-state index in [0.717, 1.165) is 23.4 Å². The van der Waals surface area contributed by atoms with Gasteiger partial charge < -0.3 is 10.3 Å². The molecule has 2 N–H and O–H groups in total. The molecule has 1 aromatic heterocycles. The quantitative estimate of drug-likeness (QED) is 0.666. The van der Waals surface area contributed by atoms with E-state index in [1.807, 2.05) is 13.8 Å². The third-order valence-corrected chi connectivity index (χ3v) is 1.59. The monoisotopic (exact) mass is 140 g/mol. The minimum Gasteiger partial charge on any atom is -0.361 e. The Morgan fingerprint density at radius 2 is 2.30 bits per heavy atom. The van der Waals surface area contributed by atoms with Gasteiger partial charge in [0.05, 0.1) is 5.69 Å². The summed E-state index contributed by atoms with van der Waals surface area (Å²) in [4.78, 5) is 0. The largest absolute Gasteiger partial charge is 0.361 e. The molecule has 3 heteroatoms. The van der Waals surface area contributed by atoms with E-state index in [-0.39, 0.29) is 0 Å². The molecule has 0 aliphatic rings. The topological polar surface area (TPSA) is 52.0 Å². The van der Waals surface area contributed by atoms with Gasteiger partial charge in [0.2, 0.25) is 0 Å². The number of aryl methyl sites for hydroxylation is 2. The van der Waals surface area contributed by atoms with Crippen LogP contribution in [0.1, 0.15) is 23.9 Å². The number of hydrogen-bond donors (Lipinski definition) is 1. The zero-order chi connectivity index (χ0) is 7.56. The maximum atomic E-state index is 5.47. The highest BCUT2D eigenvalue weighted by Gasteiger charge is 2.07. The van der Waals surface area contributed by atoms with E-state index in [2.05, 4.69) is 5.16 Å². The molecule has 0 fully saturated rings. The fraction of sp³-hybridized carbons (Fsp3) is 0.571. The minimum absolute atomic E-state index is 0.526. The van der Waals surface area contributed by atoms with Crippen LogP contribution in [0, 0.1) is 6.92 Å². The number of nitrogens with two attached hydrogens (primary N) is 1. The first-order valence-corrected chi connectivity index (χ1v) is 3.43. The van der Waals surface area contributed by atoms with Crippen LogP contribution >= 0.6 is 0 Å². The van der Waals surface area contributed by atoms with Gasteiger partial charge in [0.15, 0.2) is 0 Å². The highest BCUT2D eigenvalue weighted by atomic mass is 16.5. The molecule has 0 aliphatic heterocycles. The summed E-state index contributed by atoms with van der Waals surface area (Å²) in [5, 5.41) is 3.80. The van der Waals surface area contributed by atoms with Gasteiger partial charge in [-0.05, 0) is 6.92 Å². The fourth-order valence-corrected chi connectivity index (χ4v) is 0.975. The average molecular weight is 140 g/mol. The van der Waals surface area contributed by atoms with Gasteiger partial charge in [-0.15, -0.1) is 0 Å². The fourth-order valence-electron chi connectivity index (χ4n) is 0.975. The maximum absolute atomic E-state index is 5.47. The molecule has 0 bridgehead atoms. The van der Waals surface area contributed by atoms with Gasteiger partial charge in [-0.25, -0.2) is 0 Å². The van der Waals surface area contributed by atoms with Crippen LogP contribution in [0.15, 0.2) is 4.52 Å². The first kappa shape index (κ1) is 7.28. The predicted molar refractivity (Wildman–Crippen MR) is 38.5 cm³/mol. The molecule has 0 saturated carbocycles. The number of aromatic nitrogens is 1. The second kappa shape index (κ2) is 2.84. The lowest BCUT2D eigenvalue weighted by molar-refractivity contribution is 0.382. The Morgan fingerprint density at radius 1 is 1.60 bits per heavy atom. The second-order valence-corrected chi connectivity index (χ2v) is 2.23. The van der Waals surface area contributed by atoms with Gasteiger partial charge in [-0.2, -0.15) is 0 Å². The van der Waals surface area contributed by atoms with Crippen molar-refractivity contribution in [1.82, 2.24) is 5.16 Å². The van der Waals surface area contributed by atoms with Crippen molar-refractivity contribution < 1.29 is 4.52 Å². The normalized spacial score (nSPS) is 10.3. The molecular formula is C7H12N2O. The Kier molecular flexibility index (Phi) is 2.06. The van der Waals surface area contributed by atoms with Crippen LogP contribution in [0.2, 0.25) is 0 Å². The van der Waals surface area contributed by atoms with Gasteiger partial charge in [0, 0.05) is 18.5 Å². The third-order valence-electron chi connectivity index (χ3n) is 1.59. The summed E-state index contributed by atoms with van der Waals surface area (Å²) in [7, 11) is 0. The molecule has 0 aromatic carbocycles. The zero-order valence-corrected chi connectivity index (χ0v) is 6.35. The molecule has 0 aliphatic carbocycles. The Hall–Kier alpha value is -0.830. The summed E-state index contributed by atoms with van der Waals surface area (Å²) in [5.41, 5.74) is 7.45. The maximum Gasteiger partial charge on any atom is 0.141 e. The van der Waals surface area contributed by atoms with Crippen LogP contribution in [0.5, 0.6) is 0 Å². The molecule has 0 saturated heterocycles. The molecule has 56 valence electrons. The van der Waals surface area contributed by atoms with E-state index in [0.29, 0.717) is 6.54 Å². The molecule has 1 rings (SSSR count). The van der Waals surface area contributed by atoms with Gasteiger partial charge in [0.25, 0.3) is 0 Å². The first-order chi connectivity index (χ1) is 4.79. The molecular weight excluding hydrogens is 128 g/mol. The molecule has 0 spiro atoms. The summed E-state index contributed by atoms with van der Waals surface area (Å²) in [6.07, 6.45) is 0.868. The molecule has 0 unspecified atom stereocenters. The zero-order valence-electron chi connectivity index (χ0n) is 6.35. The molecule has 1 heterocycles. The van der Waals surface area contributed by atoms with E-state index in [9.17, 15) is 0 Å². The van der Waals surface area contributed by atoms with Crippen LogP contribution < -0.4 is 5.73 Å².